The molecule has 27 heavy (non-hydrogen) atoms. The van der Waals surface area contributed by atoms with Crippen LogP contribution in [0.2, 0.25) is 0 Å². The fraction of sp³-hybridized carbons (Fsp3) is 0.818. The lowest BCUT2D eigenvalue weighted by molar-refractivity contribution is -0.128. The van der Waals surface area contributed by atoms with Crippen LogP contribution in [0.3, 0.4) is 0 Å². The third-order valence-electron chi connectivity index (χ3n) is 7.33. The standard InChI is InChI=1S/C22H38N4O/c1-5-8-13-26(4)15-18-14-23-25-19(18)17-9-11-22(12-10-17)16-21(6-2,7-3)20(27)24-22/h14,17H,5-13,15-16H2,1-4H3,(H,23,25)(H,24,27). The lowest BCUT2D eigenvalue weighted by atomic mass is 9.69. The van der Waals surface area contributed by atoms with Crippen molar-refractivity contribution in [2.75, 3.05) is 13.6 Å². The van der Waals surface area contributed by atoms with Gasteiger partial charge in [0.15, 0.2) is 0 Å². The number of unbranched alkanes of at least 4 members (excludes halogenated alkanes) is 1. The largest absolute Gasteiger partial charge is 0.350 e. The van der Waals surface area contributed by atoms with Crippen LogP contribution >= 0.6 is 0 Å². The van der Waals surface area contributed by atoms with Gasteiger partial charge in [0.1, 0.15) is 0 Å². The highest BCUT2D eigenvalue weighted by Crippen LogP contribution is 2.49. The highest BCUT2D eigenvalue weighted by Gasteiger charge is 2.53. The van der Waals surface area contributed by atoms with Gasteiger partial charge in [0.2, 0.25) is 5.91 Å². The van der Waals surface area contributed by atoms with Crippen molar-refractivity contribution in [3.05, 3.63) is 17.5 Å². The van der Waals surface area contributed by atoms with Gasteiger partial charge in [-0.25, -0.2) is 0 Å². The zero-order valence-corrected chi connectivity index (χ0v) is 17.7. The lowest BCUT2D eigenvalue weighted by Gasteiger charge is -2.38. The zero-order valence-electron chi connectivity index (χ0n) is 17.7. The van der Waals surface area contributed by atoms with Crippen molar-refractivity contribution in [2.45, 2.75) is 96.6 Å². The van der Waals surface area contributed by atoms with Crippen LogP contribution in [-0.2, 0) is 11.3 Å². The Bertz CT molecular complexity index is 626. The van der Waals surface area contributed by atoms with Crippen LogP contribution in [0.1, 0.15) is 95.7 Å². The number of amides is 1. The molecule has 0 atom stereocenters. The molecule has 1 aromatic heterocycles. The molecule has 1 amide bonds. The molecule has 5 nitrogen and oxygen atoms in total. The zero-order chi connectivity index (χ0) is 19.5. The summed E-state index contributed by atoms with van der Waals surface area (Å²) in [6, 6.07) is 0. The number of H-pyrrole nitrogens is 1. The Balaban J connectivity index is 1.62. The number of hydrogen-bond donors (Lipinski definition) is 2. The first-order chi connectivity index (χ1) is 13.0. The molecular formula is C22H38N4O. The fourth-order valence-electron chi connectivity index (χ4n) is 5.33. The van der Waals surface area contributed by atoms with E-state index in [9.17, 15) is 4.79 Å². The van der Waals surface area contributed by atoms with Gasteiger partial charge in [-0.2, -0.15) is 5.10 Å². The second kappa shape index (κ2) is 8.34. The van der Waals surface area contributed by atoms with Crippen LogP contribution in [0.15, 0.2) is 6.20 Å². The van der Waals surface area contributed by atoms with Gasteiger partial charge in [-0.15, -0.1) is 0 Å². The minimum atomic E-state index is -0.131. The van der Waals surface area contributed by atoms with Crippen molar-refractivity contribution >= 4 is 5.91 Å². The number of aromatic nitrogens is 2. The minimum Gasteiger partial charge on any atom is -0.350 e. The Morgan fingerprint density at radius 2 is 1.93 bits per heavy atom. The molecule has 3 rings (SSSR count). The van der Waals surface area contributed by atoms with Gasteiger partial charge in [0.05, 0.1) is 11.6 Å². The summed E-state index contributed by atoms with van der Waals surface area (Å²) in [6.45, 7) is 8.68. The van der Waals surface area contributed by atoms with Crippen LogP contribution in [0.4, 0.5) is 0 Å². The summed E-state index contributed by atoms with van der Waals surface area (Å²) in [7, 11) is 2.20. The molecule has 0 bridgehead atoms. The van der Waals surface area contributed by atoms with Gasteiger partial charge in [-0.05, 0) is 65.0 Å². The third kappa shape index (κ3) is 4.08. The molecule has 2 heterocycles. The molecule has 152 valence electrons. The summed E-state index contributed by atoms with van der Waals surface area (Å²) in [6.07, 6.45) is 11.9. The Kier molecular flexibility index (Phi) is 6.29. The van der Waals surface area contributed by atoms with E-state index in [-0.39, 0.29) is 11.0 Å². The number of carbonyl (C=O) groups is 1. The summed E-state index contributed by atoms with van der Waals surface area (Å²) in [5.74, 6) is 0.841. The molecule has 1 saturated heterocycles. The van der Waals surface area contributed by atoms with E-state index in [0.29, 0.717) is 11.8 Å². The monoisotopic (exact) mass is 374 g/mol. The van der Waals surface area contributed by atoms with Crippen molar-refractivity contribution in [3.8, 4) is 0 Å². The molecule has 5 heteroatoms. The van der Waals surface area contributed by atoms with Gasteiger partial charge in [0, 0.05) is 29.3 Å². The van der Waals surface area contributed by atoms with E-state index in [1.807, 2.05) is 6.20 Å². The molecule has 2 aliphatic rings. The Labute approximate surface area is 164 Å². The Hall–Kier alpha value is -1.36. The maximum absolute atomic E-state index is 12.7. The van der Waals surface area contributed by atoms with Gasteiger partial charge in [0.25, 0.3) is 0 Å². The fourth-order valence-corrected chi connectivity index (χ4v) is 5.33. The average Bonchev–Trinajstić information content (AvgIpc) is 3.23. The molecule has 0 unspecified atom stereocenters. The second-order valence-corrected chi connectivity index (χ2v) is 9.07. The molecule has 1 saturated carbocycles. The van der Waals surface area contributed by atoms with Crippen molar-refractivity contribution in [3.63, 3.8) is 0 Å². The van der Waals surface area contributed by atoms with E-state index in [2.05, 4.69) is 48.2 Å². The molecule has 0 aromatic carbocycles. The number of nitrogens with one attached hydrogen (secondary N) is 2. The number of hydrogen-bond acceptors (Lipinski definition) is 3. The Morgan fingerprint density at radius 1 is 1.22 bits per heavy atom. The van der Waals surface area contributed by atoms with E-state index < -0.39 is 0 Å². The van der Waals surface area contributed by atoms with E-state index >= 15 is 0 Å². The first kappa shape index (κ1) is 20.4. The lowest BCUT2D eigenvalue weighted by Crippen LogP contribution is -2.44. The van der Waals surface area contributed by atoms with E-state index in [0.717, 1.165) is 58.0 Å². The van der Waals surface area contributed by atoms with Crippen LogP contribution in [-0.4, -0.2) is 40.1 Å². The first-order valence-corrected chi connectivity index (χ1v) is 11.0. The average molecular weight is 375 g/mol. The smallest absolute Gasteiger partial charge is 0.226 e. The summed E-state index contributed by atoms with van der Waals surface area (Å²) in [5, 5.41) is 11.1. The van der Waals surface area contributed by atoms with Crippen LogP contribution in [0, 0.1) is 5.41 Å². The molecule has 1 aliphatic heterocycles. The summed E-state index contributed by atoms with van der Waals surface area (Å²) >= 11 is 0. The van der Waals surface area contributed by atoms with Gasteiger partial charge >= 0.3 is 0 Å². The minimum absolute atomic E-state index is 0.0394. The normalized spacial score (nSPS) is 27.4. The number of carbonyl (C=O) groups excluding carboxylic acids is 1. The maximum atomic E-state index is 12.7. The summed E-state index contributed by atoms with van der Waals surface area (Å²) in [5.41, 5.74) is 2.59. The van der Waals surface area contributed by atoms with Gasteiger partial charge in [-0.1, -0.05) is 27.2 Å². The van der Waals surface area contributed by atoms with Crippen LogP contribution < -0.4 is 5.32 Å². The van der Waals surface area contributed by atoms with Crippen molar-refractivity contribution in [1.29, 1.82) is 0 Å². The van der Waals surface area contributed by atoms with E-state index in [4.69, 9.17) is 0 Å². The highest BCUT2D eigenvalue weighted by atomic mass is 16.2. The maximum Gasteiger partial charge on any atom is 0.226 e. The SMILES string of the molecule is CCCCN(C)Cc1cn[nH]c1C1CCC2(CC1)CC(CC)(CC)C(=O)N2. The van der Waals surface area contributed by atoms with Crippen LogP contribution in [0.25, 0.3) is 0 Å². The summed E-state index contributed by atoms with van der Waals surface area (Å²) < 4.78 is 0. The number of nitrogens with zero attached hydrogens (tertiary/aromatic N) is 2. The molecule has 0 radical (unpaired) electrons. The van der Waals surface area contributed by atoms with Gasteiger partial charge < -0.3 is 10.2 Å². The molecular weight excluding hydrogens is 336 g/mol. The predicted octanol–water partition coefficient (Wildman–Crippen LogP) is 4.36. The first-order valence-electron chi connectivity index (χ1n) is 11.0. The second-order valence-electron chi connectivity index (χ2n) is 9.07. The third-order valence-corrected chi connectivity index (χ3v) is 7.33. The van der Waals surface area contributed by atoms with Crippen molar-refractivity contribution < 1.29 is 4.79 Å². The van der Waals surface area contributed by atoms with Crippen molar-refractivity contribution in [2.24, 2.45) is 5.41 Å². The highest BCUT2D eigenvalue weighted by molar-refractivity contribution is 5.86. The molecule has 1 aromatic rings. The number of aromatic amines is 1. The Morgan fingerprint density at radius 3 is 2.52 bits per heavy atom. The van der Waals surface area contributed by atoms with Crippen molar-refractivity contribution in [1.82, 2.24) is 20.4 Å². The van der Waals surface area contributed by atoms with Crippen LogP contribution in [0.5, 0.6) is 0 Å². The quantitative estimate of drug-likeness (QED) is 0.710. The molecule has 1 spiro atoms. The molecule has 2 fully saturated rings. The molecule has 1 aliphatic carbocycles. The predicted molar refractivity (Wildman–Crippen MR) is 110 cm³/mol. The summed E-state index contributed by atoms with van der Waals surface area (Å²) in [4.78, 5) is 15.1. The van der Waals surface area contributed by atoms with E-state index in [1.165, 1.54) is 24.1 Å². The van der Waals surface area contributed by atoms with Gasteiger partial charge in [-0.3, -0.25) is 9.89 Å². The topological polar surface area (TPSA) is 61.0 Å². The number of rotatable bonds is 8. The molecule has 2 N–H and O–H groups in total. The van der Waals surface area contributed by atoms with E-state index in [1.54, 1.807) is 0 Å².